The van der Waals surface area contributed by atoms with Crippen LogP contribution < -0.4 is 0 Å². The number of hydrogen-bond donors (Lipinski definition) is 0. The van der Waals surface area contributed by atoms with Crippen molar-refractivity contribution in [3.05, 3.63) is 49.0 Å². The standard InChI is InChI=1S/C5H6.C4H4O/c1-4-3-5(4)2;1-3-4(2)5-3/h1-3H2;1-2H2. The van der Waals surface area contributed by atoms with Crippen molar-refractivity contribution < 1.29 is 4.74 Å². The molecule has 0 amide bonds. The maximum Gasteiger partial charge on any atom is 0.162 e. The first-order valence-electron chi connectivity index (χ1n) is 3.03. The van der Waals surface area contributed by atoms with Crippen molar-refractivity contribution in [3.63, 3.8) is 0 Å². The van der Waals surface area contributed by atoms with E-state index in [-0.39, 0.29) is 0 Å². The summed E-state index contributed by atoms with van der Waals surface area (Å²) in [6.45, 7) is 14.1. The van der Waals surface area contributed by atoms with E-state index in [1.54, 1.807) is 0 Å². The zero-order chi connectivity index (χ0) is 7.72. The average Bonchev–Trinajstić information content (AvgIpc) is 2.62. The number of allylic oxidation sites excluding steroid dienone is 2. The lowest BCUT2D eigenvalue weighted by atomic mass is 10.6. The van der Waals surface area contributed by atoms with Crippen LogP contribution in [0.15, 0.2) is 49.0 Å². The minimum atomic E-state index is 0.727. The van der Waals surface area contributed by atoms with Crippen LogP contribution in [0, 0.1) is 0 Å². The minimum Gasteiger partial charge on any atom is -0.451 e. The molecule has 1 aliphatic heterocycles. The van der Waals surface area contributed by atoms with Crippen molar-refractivity contribution in [3.8, 4) is 0 Å². The molecule has 1 aliphatic carbocycles. The first-order chi connectivity index (χ1) is 4.61. The zero-order valence-corrected chi connectivity index (χ0v) is 5.94. The third-order valence-electron chi connectivity index (χ3n) is 1.32. The van der Waals surface area contributed by atoms with E-state index in [0.717, 1.165) is 17.9 Å². The Morgan fingerprint density at radius 3 is 1.10 bits per heavy atom. The second kappa shape index (κ2) is 2.18. The van der Waals surface area contributed by atoms with Crippen LogP contribution in [-0.2, 0) is 4.74 Å². The Morgan fingerprint density at radius 2 is 1.10 bits per heavy atom. The van der Waals surface area contributed by atoms with Gasteiger partial charge in [0, 0.05) is 0 Å². The molecule has 2 aliphatic rings. The fourth-order valence-electron chi connectivity index (χ4n) is 0.337. The predicted octanol–water partition coefficient (Wildman–Crippen LogP) is 2.55. The van der Waals surface area contributed by atoms with Crippen LogP contribution in [0.2, 0.25) is 0 Å². The quantitative estimate of drug-likeness (QED) is 0.464. The Balaban J connectivity index is 0.0000001000. The summed E-state index contributed by atoms with van der Waals surface area (Å²) in [7, 11) is 0. The summed E-state index contributed by atoms with van der Waals surface area (Å²) in [5, 5.41) is 0. The largest absolute Gasteiger partial charge is 0.451 e. The highest BCUT2D eigenvalue weighted by Crippen LogP contribution is 2.31. The molecule has 2 rings (SSSR count). The van der Waals surface area contributed by atoms with Crippen LogP contribution in [0.3, 0.4) is 0 Å². The fraction of sp³-hybridized carbons (Fsp3) is 0.111. The summed E-state index contributed by atoms with van der Waals surface area (Å²) in [5.74, 6) is 1.45. The van der Waals surface area contributed by atoms with Gasteiger partial charge in [-0.3, -0.25) is 0 Å². The van der Waals surface area contributed by atoms with Crippen LogP contribution in [0.5, 0.6) is 0 Å². The van der Waals surface area contributed by atoms with Gasteiger partial charge >= 0.3 is 0 Å². The van der Waals surface area contributed by atoms with Crippen molar-refractivity contribution in [2.75, 3.05) is 0 Å². The molecule has 0 spiro atoms. The fourth-order valence-corrected chi connectivity index (χ4v) is 0.337. The van der Waals surface area contributed by atoms with E-state index in [1.165, 1.54) is 11.1 Å². The number of hydrogen-bond acceptors (Lipinski definition) is 1. The van der Waals surface area contributed by atoms with E-state index in [4.69, 9.17) is 0 Å². The van der Waals surface area contributed by atoms with E-state index in [2.05, 4.69) is 31.1 Å². The normalized spacial score (nSPS) is 19.2. The van der Waals surface area contributed by atoms with Gasteiger partial charge in [0.1, 0.15) is 0 Å². The summed E-state index contributed by atoms with van der Waals surface area (Å²) in [5.41, 5.74) is 2.45. The Bertz CT molecular complexity index is 183. The summed E-state index contributed by atoms with van der Waals surface area (Å²) < 4.78 is 4.53. The maximum absolute atomic E-state index is 4.53. The molecule has 0 aromatic carbocycles. The number of rotatable bonds is 0. The lowest BCUT2D eigenvalue weighted by Crippen LogP contribution is -1.21. The first kappa shape index (κ1) is 6.87. The molecule has 1 nitrogen and oxygen atoms in total. The highest BCUT2D eigenvalue weighted by Gasteiger charge is 2.16. The van der Waals surface area contributed by atoms with Gasteiger partial charge in [-0.1, -0.05) is 26.3 Å². The summed E-state index contributed by atoms with van der Waals surface area (Å²) in [6, 6.07) is 0. The zero-order valence-electron chi connectivity index (χ0n) is 5.94. The van der Waals surface area contributed by atoms with Crippen LogP contribution in [0.4, 0.5) is 0 Å². The van der Waals surface area contributed by atoms with Gasteiger partial charge in [-0.25, -0.2) is 0 Å². The third kappa shape index (κ3) is 1.94. The van der Waals surface area contributed by atoms with Crippen LogP contribution in [0.25, 0.3) is 0 Å². The van der Waals surface area contributed by atoms with Gasteiger partial charge in [0.15, 0.2) is 11.5 Å². The SMILES string of the molecule is C=C1CC1=C.C=C1OC1=C. The molecule has 0 bridgehead atoms. The number of ether oxygens (including phenoxy) is 1. The molecule has 0 radical (unpaired) electrons. The number of epoxide rings is 1. The molecule has 2 fully saturated rings. The Hall–Kier alpha value is -1.24. The van der Waals surface area contributed by atoms with Gasteiger partial charge in [-0.15, -0.1) is 0 Å². The molecular weight excluding hydrogens is 124 g/mol. The molecule has 0 unspecified atom stereocenters. The lowest BCUT2D eigenvalue weighted by Gasteiger charge is -1.42. The highest BCUT2D eigenvalue weighted by atomic mass is 16.6. The van der Waals surface area contributed by atoms with Crippen LogP contribution in [0.1, 0.15) is 6.42 Å². The van der Waals surface area contributed by atoms with E-state index in [9.17, 15) is 0 Å². The monoisotopic (exact) mass is 134 g/mol. The van der Waals surface area contributed by atoms with Crippen molar-refractivity contribution >= 4 is 0 Å². The minimum absolute atomic E-state index is 0.727. The van der Waals surface area contributed by atoms with Gasteiger partial charge in [0.25, 0.3) is 0 Å². The van der Waals surface area contributed by atoms with Gasteiger partial charge < -0.3 is 4.74 Å². The molecule has 52 valence electrons. The van der Waals surface area contributed by atoms with Crippen molar-refractivity contribution in [2.45, 2.75) is 6.42 Å². The predicted molar refractivity (Wildman–Crippen MR) is 42.3 cm³/mol. The van der Waals surface area contributed by atoms with E-state index >= 15 is 0 Å². The summed E-state index contributed by atoms with van der Waals surface area (Å²) >= 11 is 0. The van der Waals surface area contributed by atoms with Crippen molar-refractivity contribution in [1.82, 2.24) is 0 Å². The third-order valence-corrected chi connectivity index (χ3v) is 1.32. The molecule has 0 aromatic heterocycles. The topological polar surface area (TPSA) is 12.5 Å². The van der Waals surface area contributed by atoms with Crippen molar-refractivity contribution in [1.29, 1.82) is 0 Å². The van der Waals surface area contributed by atoms with Crippen LogP contribution >= 0.6 is 0 Å². The average molecular weight is 134 g/mol. The van der Waals surface area contributed by atoms with E-state index in [0.29, 0.717) is 0 Å². The van der Waals surface area contributed by atoms with Gasteiger partial charge in [-0.2, -0.15) is 0 Å². The van der Waals surface area contributed by atoms with Gasteiger partial charge in [-0.05, 0) is 17.6 Å². The second-order valence-electron chi connectivity index (χ2n) is 2.33. The Labute approximate surface area is 61.0 Å². The maximum atomic E-state index is 4.53. The molecule has 1 saturated heterocycles. The molecule has 1 heteroatoms. The van der Waals surface area contributed by atoms with Gasteiger partial charge in [0.2, 0.25) is 0 Å². The van der Waals surface area contributed by atoms with E-state index < -0.39 is 0 Å². The molecule has 0 N–H and O–H groups in total. The van der Waals surface area contributed by atoms with Crippen LogP contribution in [-0.4, -0.2) is 0 Å². The van der Waals surface area contributed by atoms with E-state index in [1.807, 2.05) is 0 Å². The molecule has 0 atom stereocenters. The molecule has 10 heavy (non-hydrogen) atoms. The summed E-state index contributed by atoms with van der Waals surface area (Å²) in [4.78, 5) is 0. The lowest BCUT2D eigenvalue weighted by molar-refractivity contribution is 0.557. The molecule has 1 heterocycles. The Morgan fingerprint density at radius 1 is 0.900 bits per heavy atom. The van der Waals surface area contributed by atoms with Crippen molar-refractivity contribution in [2.24, 2.45) is 0 Å². The molecule has 0 aromatic rings. The smallest absolute Gasteiger partial charge is 0.162 e. The highest BCUT2D eigenvalue weighted by molar-refractivity contribution is 5.45. The first-order valence-corrected chi connectivity index (χ1v) is 3.03. The summed E-state index contributed by atoms with van der Waals surface area (Å²) in [6.07, 6.45) is 1.08. The molecule has 1 saturated carbocycles. The van der Waals surface area contributed by atoms with Gasteiger partial charge in [0.05, 0.1) is 0 Å². The second-order valence-corrected chi connectivity index (χ2v) is 2.33. The Kier molecular flexibility index (Phi) is 1.50. The molecular formula is C9H10O.